The minimum absolute atomic E-state index is 0.0589. The number of benzene rings is 2. The first kappa shape index (κ1) is 19.5. The molecule has 154 valence electrons. The molecule has 0 aromatic heterocycles. The standard InChI is InChI=1S/C22H28N4O3/c1-25-9-11-26(12-10-25)15-19(18-5-3-2-4-6-18)24-22(27)23-14-17-7-8-20-21(13-17)29-16-28-20/h2-8,13,19H,9-12,14-16H2,1H3,(H2,23,24,27). The lowest BCUT2D eigenvalue weighted by Gasteiger charge is -2.35. The summed E-state index contributed by atoms with van der Waals surface area (Å²) in [5.74, 6) is 1.47. The van der Waals surface area contributed by atoms with Crippen LogP contribution in [-0.2, 0) is 6.54 Å². The van der Waals surface area contributed by atoms with Crippen molar-refractivity contribution in [3.05, 3.63) is 59.7 Å². The Balaban J connectivity index is 1.35. The summed E-state index contributed by atoms with van der Waals surface area (Å²) in [6.45, 7) is 5.61. The molecular weight excluding hydrogens is 368 g/mol. The van der Waals surface area contributed by atoms with Gasteiger partial charge >= 0.3 is 6.03 Å². The van der Waals surface area contributed by atoms with Crippen LogP contribution in [0.1, 0.15) is 17.2 Å². The minimum Gasteiger partial charge on any atom is -0.454 e. The summed E-state index contributed by atoms with van der Waals surface area (Å²) in [7, 11) is 2.15. The second kappa shape index (κ2) is 9.15. The lowest BCUT2D eigenvalue weighted by molar-refractivity contribution is 0.142. The fourth-order valence-electron chi connectivity index (χ4n) is 3.65. The number of amides is 2. The zero-order chi connectivity index (χ0) is 20.1. The summed E-state index contributed by atoms with van der Waals surface area (Å²) < 4.78 is 10.7. The summed E-state index contributed by atoms with van der Waals surface area (Å²) >= 11 is 0. The molecule has 0 radical (unpaired) electrons. The number of piperazine rings is 1. The summed E-state index contributed by atoms with van der Waals surface area (Å²) in [4.78, 5) is 17.4. The number of carbonyl (C=O) groups is 1. The fraction of sp³-hybridized carbons (Fsp3) is 0.409. The lowest BCUT2D eigenvalue weighted by atomic mass is 10.1. The molecule has 2 aromatic carbocycles. The van der Waals surface area contributed by atoms with Gasteiger partial charge in [0, 0.05) is 39.3 Å². The summed E-state index contributed by atoms with van der Waals surface area (Å²) in [5.41, 5.74) is 2.09. The molecule has 2 aliphatic rings. The average Bonchev–Trinajstić information content (AvgIpc) is 3.22. The summed E-state index contributed by atoms with van der Waals surface area (Å²) in [6, 6.07) is 15.6. The van der Waals surface area contributed by atoms with Crippen LogP contribution < -0.4 is 20.1 Å². The zero-order valence-corrected chi connectivity index (χ0v) is 16.8. The monoisotopic (exact) mass is 396 g/mol. The molecular formula is C22H28N4O3. The predicted octanol–water partition coefficient (Wildman–Crippen LogP) is 2.20. The zero-order valence-electron chi connectivity index (χ0n) is 16.8. The van der Waals surface area contributed by atoms with E-state index in [0.29, 0.717) is 6.54 Å². The van der Waals surface area contributed by atoms with Crippen molar-refractivity contribution in [2.24, 2.45) is 0 Å². The van der Waals surface area contributed by atoms with Crippen molar-refractivity contribution in [3.8, 4) is 11.5 Å². The number of ether oxygens (including phenoxy) is 2. The highest BCUT2D eigenvalue weighted by Gasteiger charge is 2.21. The van der Waals surface area contributed by atoms with Gasteiger partial charge in [-0.15, -0.1) is 0 Å². The van der Waals surface area contributed by atoms with Crippen molar-refractivity contribution in [2.75, 3.05) is 46.6 Å². The molecule has 0 saturated carbocycles. The Bertz CT molecular complexity index is 822. The van der Waals surface area contributed by atoms with Gasteiger partial charge in [-0.25, -0.2) is 4.79 Å². The molecule has 29 heavy (non-hydrogen) atoms. The second-order valence-electron chi connectivity index (χ2n) is 7.58. The number of urea groups is 1. The largest absolute Gasteiger partial charge is 0.454 e. The van der Waals surface area contributed by atoms with E-state index in [9.17, 15) is 4.79 Å². The number of carbonyl (C=O) groups excluding carboxylic acids is 1. The maximum absolute atomic E-state index is 12.6. The van der Waals surface area contributed by atoms with Gasteiger partial charge in [0.05, 0.1) is 6.04 Å². The Hall–Kier alpha value is -2.77. The fourth-order valence-corrected chi connectivity index (χ4v) is 3.65. The molecule has 1 fully saturated rings. The van der Waals surface area contributed by atoms with E-state index >= 15 is 0 Å². The van der Waals surface area contributed by atoms with Crippen molar-refractivity contribution in [1.82, 2.24) is 20.4 Å². The maximum atomic E-state index is 12.6. The molecule has 0 spiro atoms. The predicted molar refractivity (Wildman–Crippen MR) is 111 cm³/mol. The van der Waals surface area contributed by atoms with Crippen molar-refractivity contribution >= 4 is 6.03 Å². The van der Waals surface area contributed by atoms with Crippen LogP contribution >= 0.6 is 0 Å². The van der Waals surface area contributed by atoms with Crippen molar-refractivity contribution < 1.29 is 14.3 Å². The Morgan fingerprint density at radius 3 is 2.59 bits per heavy atom. The SMILES string of the molecule is CN1CCN(CC(NC(=O)NCc2ccc3c(c2)OCO3)c2ccccc2)CC1. The molecule has 2 heterocycles. The summed E-state index contributed by atoms with van der Waals surface area (Å²) in [6.07, 6.45) is 0. The van der Waals surface area contributed by atoms with Crippen molar-refractivity contribution in [2.45, 2.75) is 12.6 Å². The van der Waals surface area contributed by atoms with Crippen LogP contribution in [0.4, 0.5) is 4.79 Å². The van der Waals surface area contributed by atoms with E-state index in [1.807, 2.05) is 36.4 Å². The van der Waals surface area contributed by atoms with Crippen LogP contribution in [0.5, 0.6) is 11.5 Å². The van der Waals surface area contributed by atoms with Crippen molar-refractivity contribution in [3.63, 3.8) is 0 Å². The quantitative estimate of drug-likeness (QED) is 0.784. The van der Waals surface area contributed by atoms with Gasteiger partial charge in [0.25, 0.3) is 0 Å². The number of fused-ring (bicyclic) bond motifs is 1. The van der Waals surface area contributed by atoms with Gasteiger partial charge in [-0.1, -0.05) is 36.4 Å². The van der Waals surface area contributed by atoms with E-state index in [0.717, 1.165) is 55.3 Å². The number of rotatable bonds is 6. The molecule has 4 rings (SSSR count). The number of nitrogens with zero attached hydrogens (tertiary/aromatic N) is 2. The molecule has 0 aliphatic carbocycles. The Kier molecular flexibility index (Phi) is 6.17. The average molecular weight is 396 g/mol. The number of nitrogens with one attached hydrogen (secondary N) is 2. The van der Waals surface area contributed by atoms with Gasteiger partial charge in [0.15, 0.2) is 11.5 Å². The molecule has 0 bridgehead atoms. The Labute approximate surface area is 171 Å². The van der Waals surface area contributed by atoms with Crippen LogP contribution in [0.15, 0.2) is 48.5 Å². The second-order valence-corrected chi connectivity index (χ2v) is 7.58. The topological polar surface area (TPSA) is 66.1 Å². The summed E-state index contributed by atoms with van der Waals surface area (Å²) in [5, 5.41) is 6.11. The van der Waals surface area contributed by atoms with Crippen LogP contribution in [0.25, 0.3) is 0 Å². The highest BCUT2D eigenvalue weighted by atomic mass is 16.7. The van der Waals surface area contributed by atoms with E-state index in [4.69, 9.17) is 9.47 Å². The van der Waals surface area contributed by atoms with E-state index < -0.39 is 0 Å². The van der Waals surface area contributed by atoms with Crippen LogP contribution in [-0.4, -0.2) is 62.4 Å². The van der Waals surface area contributed by atoms with Gasteiger partial charge in [0.2, 0.25) is 6.79 Å². The molecule has 1 atom stereocenters. The van der Waals surface area contributed by atoms with Gasteiger partial charge in [-0.3, -0.25) is 4.90 Å². The molecule has 1 unspecified atom stereocenters. The highest BCUT2D eigenvalue weighted by Crippen LogP contribution is 2.32. The first-order valence-electron chi connectivity index (χ1n) is 10.1. The van der Waals surface area contributed by atoms with Gasteiger partial charge in [0.1, 0.15) is 0 Å². The van der Waals surface area contributed by atoms with E-state index in [-0.39, 0.29) is 18.9 Å². The van der Waals surface area contributed by atoms with E-state index in [1.165, 1.54) is 0 Å². The minimum atomic E-state index is -0.175. The molecule has 2 aliphatic heterocycles. The smallest absolute Gasteiger partial charge is 0.315 e. The molecule has 2 N–H and O–H groups in total. The molecule has 2 aromatic rings. The van der Waals surface area contributed by atoms with E-state index in [1.54, 1.807) is 0 Å². The number of hydrogen-bond donors (Lipinski definition) is 2. The molecule has 2 amide bonds. The third-order valence-electron chi connectivity index (χ3n) is 5.43. The van der Waals surface area contributed by atoms with Gasteiger partial charge < -0.3 is 25.0 Å². The Morgan fingerprint density at radius 2 is 1.79 bits per heavy atom. The molecule has 7 heteroatoms. The van der Waals surface area contributed by atoms with Gasteiger partial charge in [-0.05, 0) is 30.3 Å². The number of likely N-dealkylation sites (N-methyl/N-ethyl adjacent to an activating group) is 1. The van der Waals surface area contributed by atoms with Crippen molar-refractivity contribution in [1.29, 1.82) is 0 Å². The third kappa shape index (κ3) is 5.19. The van der Waals surface area contributed by atoms with Gasteiger partial charge in [-0.2, -0.15) is 0 Å². The normalized spacial score (nSPS) is 17.7. The first-order chi connectivity index (χ1) is 14.2. The first-order valence-corrected chi connectivity index (χ1v) is 10.1. The molecule has 1 saturated heterocycles. The Morgan fingerprint density at radius 1 is 1.03 bits per heavy atom. The van der Waals surface area contributed by atoms with Crippen LogP contribution in [0.2, 0.25) is 0 Å². The maximum Gasteiger partial charge on any atom is 0.315 e. The lowest BCUT2D eigenvalue weighted by Crippen LogP contribution is -2.48. The number of hydrogen-bond acceptors (Lipinski definition) is 5. The molecule has 7 nitrogen and oxygen atoms in total. The van der Waals surface area contributed by atoms with E-state index in [2.05, 4.69) is 39.6 Å². The van der Waals surface area contributed by atoms with Crippen LogP contribution in [0, 0.1) is 0 Å². The highest BCUT2D eigenvalue weighted by molar-refractivity contribution is 5.74. The van der Waals surface area contributed by atoms with Crippen LogP contribution in [0.3, 0.4) is 0 Å². The third-order valence-corrected chi connectivity index (χ3v) is 5.43.